The second-order valence-corrected chi connectivity index (χ2v) is 3.10. The molecule has 1 N–H and O–H groups in total. The minimum Gasteiger partial charge on any atom is -0.335 e. The molecule has 64 valence electrons. The second kappa shape index (κ2) is 3.44. The molecular formula is C10H14N2. The predicted octanol–water partition coefficient (Wildman–Crippen LogP) is 2.08. The molecule has 2 heteroatoms. The van der Waals surface area contributed by atoms with E-state index in [0.717, 1.165) is 23.6 Å². The largest absolute Gasteiger partial charge is 0.335 e. The van der Waals surface area contributed by atoms with Crippen molar-refractivity contribution < 1.29 is 0 Å². The van der Waals surface area contributed by atoms with Crippen molar-refractivity contribution >= 4 is 0 Å². The van der Waals surface area contributed by atoms with Crippen LogP contribution in [0.2, 0.25) is 0 Å². The fourth-order valence-corrected chi connectivity index (χ4v) is 1.13. The van der Waals surface area contributed by atoms with Crippen molar-refractivity contribution in [1.29, 1.82) is 0 Å². The lowest BCUT2D eigenvalue weighted by Crippen LogP contribution is -1.90. The summed E-state index contributed by atoms with van der Waals surface area (Å²) in [5, 5.41) is 0. The van der Waals surface area contributed by atoms with Crippen LogP contribution in [0.4, 0.5) is 0 Å². The van der Waals surface area contributed by atoms with E-state index in [1.165, 1.54) is 0 Å². The molecule has 0 spiro atoms. The highest BCUT2D eigenvalue weighted by atomic mass is 14.9. The van der Waals surface area contributed by atoms with Crippen molar-refractivity contribution in [3.05, 3.63) is 17.2 Å². The van der Waals surface area contributed by atoms with Crippen molar-refractivity contribution in [2.45, 2.75) is 33.1 Å². The summed E-state index contributed by atoms with van der Waals surface area (Å²) in [6.45, 7) is 6.25. The first-order valence-corrected chi connectivity index (χ1v) is 4.24. The van der Waals surface area contributed by atoms with Gasteiger partial charge in [0.05, 0.1) is 5.69 Å². The van der Waals surface area contributed by atoms with E-state index in [1.807, 2.05) is 0 Å². The van der Waals surface area contributed by atoms with Crippen molar-refractivity contribution in [1.82, 2.24) is 9.97 Å². The summed E-state index contributed by atoms with van der Waals surface area (Å²) in [5.74, 6) is 3.99. The minimum atomic E-state index is 0.396. The minimum absolute atomic E-state index is 0.396. The van der Waals surface area contributed by atoms with Crippen LogP contribution >= 0.6 is 0 Å². The van der Waals surface area contributed by atoms with Crippen molar-refractivity contribution in [2.75, 3.05) is 0 Å². The first-order chi connectivity index (χ1) is 5.69. The molecule has 1 rings (SSSR count). The van der Waals surface area contributed by atoms with E-state index >= 15 is 0 Å². The molecule has 0 amide bonds. The average molecular weight is 162 g/mol. The van der Waals surface area contributed by atoms with Crippen LogP contribution < -0.4 is 0 Å². The molecule has 0 aliphatic carbocycles. The summed E-state index contributed by atoms with van der Waals surface area (Å²) < 4.78 is 0. The Labute approximate surface area is 73.4 Å². The summed E-state index contributed by atoms with van der Waals surface area (Å²) >= 11 is 0. The van der Waals surface area contributed by atoms with E-state index < -0.39 is 0 Å². The molecule has 1 aromatic rings. The molecule has 0 radical (unpaired) electrons. The molecule has 12 heavy (non-hydrogen) atoms. The van der Waals surface area contributed by atoms with Gasteiger partial charge in [0.2, 0.25) is 0 Å². The second-order valence-electron chi connectivity index (χ2n) is 3.10. The molecule has 2 nitrogen and oxygen atoms in total. The highest BCUT2D eigenvalue weighted by Crippen LogP contribution is 2.16. The van der Waals surface area contributed by atoms with Gasteiger partial charge >= 0.3 is 0 Å². The third kappa shape index (κ3) is 1.50. The quantitative estimate of drug-likeness (QED) is 0.663. The first kappa shape index (κ1) is 8.86. The molecule has 0 fully saturated rings. The number of aromatic nitrogens is 2. The van der Waals surface area contributed by atoms with Crippen LogP contribution in [0.5, 0.6) is 0 Å². The third-order valence-electron chi connectivity index (χ3n) is 1.81. The number of aryl methyl sites for hydroxylation is 1. The molecule has 0 aliphatic rings. The molecule has 0 aromatic carbocycles. The summed E-state index contributed by atoms with van der Waals surface area (Å²) in [6, 6.07) is 0. The van der Waals surface area contributed by atoms with Crippen molar-refractivity contribution in [3.8, 4) is 12.3 Å². The van der Waals surface area contributed by atoms with Gasteiger partial charge in [-0.2, -0.15) is 0 Å². The topological polar surface area (TPSA) is 28.7 Å². The van der Waals surface area contributed by atoms with Crippen LogP contribution in [-0.4, -0.2) is 9.97 Å². The SMILES string of the molecule is C#Cc1[nH]c(CC)nc1C(C)C. The smallest absolute Gasteiger partial charge is 0.112 e. The van der Waals surface area contributed by atoms with Crippen LogP contribution in [0.15, 0.2) is 0 Å². The van der Waals surface area contributed by atoms with Crippen LogP contribution in [0.1, 0.15) is 43.9 Å². The van der Waals surface area contributed by atoms with Crippen LogP contribution in [-0.2, 0) is 6.42 Å². The Morgan fingerprint density at radius 3 is 2.58 bits per heavy atom. The van der Waals surface area contributed by atoms with Gasteiger partial charge in [-0.05, 0) is 5.92 Å². The Hall–Kier alpha value is -1.23. The van der Waals surface area contributed by atoms with Crippen LogP contribution in [0.3, 0.4) is 0 Å². The Morgan fingerprint density at radius 2 is 2.25 bits per heavy atom. The summed E-state index contributed by atoms with van der Waals surface area (Å²) in [4.78, 5) is 7.52. The zero-order valence-electron chi connectivity index (χ0n) is 7.81. The highest BCUT2D eigenvalue weighted by molar-refractivity contribution is 5.32. The molecule has 0 unspecified atom stereocenters. The van der Waals surface area contributed by atoms with Gasteiger partial charge in [-0.1, -0.05) is 26.7 Å². The number of hydrogen-bond acceptors (Lipinski definition) is 1. The number of rotatable bonds is 2. The fraction of sp³-hybridized carbons (Fsp3) is 0.500. The molecule has 0 atom stereocenters. The number of H-pyrrole nitrogens is 1. The summed E-state index contributed by atoms with van der Waals surface area (Å²) in [5.41, 5.74) is 1.84. The van der Waals surface area contributed by atoms with E-state index in [2.05, 4.69) is 36.7 Å². The molecular weight excluding hydrogens is 148 g/mol. The van der Waals surface area contributed by atoms with Gasteiger partial charge in [0.15, 0.2) is 0 Å². The van der Waals surface area contributed by atoms with Gasteiger partial charge in [-0.3, -0.25) is 0 Å². The van der Waals surface area contributed by atoms with Gasteiger partial charge in [-0.25, -0.2) is 4.98 Å². The molecule has 0 aliphatic heterocycles. The van der Waals surface area contributed by atoms with Crippen molar-refractivity contribution in [2.24, 2.45) is 0 Å². The highest BCUT2D eigenvalue weighted by Gasteiger charge is 2.09. The lowest BCUT2D eigenvalue weighted by Gasteiger charge is -1.98. The van der Waals surface area contributed by atoms with Crippen molar-refractivity contribution in [3.63, 3.8) is 0 Å². The van der Waals surface area contributed by atoms with Gasteiger partial charge in [0, 0.05) is 6.42 Å². The van der Waals surface area contributed by atoms with Gasteiger partial charge in [0.25, 0.3) is 0 Å². The van der Waals surface area contributed by atoms with E-state index in [9.17, 15) is 0 Å². The predicted molar refractivity (Wildman–Crippen MR) is 50.0 cm³/mol. The normalized spacial score (nSPS) is 10.2. The summed E-state index contributed by atoms with van der Waals surface area (Å²) in [6.07, 6.45) is 6.24. The maximum atomic E-state index is 5.34. The van der Waals surface area contributed by atoms with Gasteiger partial charge in [-0.15, -0.1) is 6.42 Å². The molecule has 0 saturated heterocycles. The van der Waals surface area contributed by atoms with E-state index in [1.54, 1.807) is 0 Å². The molecule has 0 saturated carbocycles. The fourth-order valence-electron chi connectivity index (χ4n) is 1.13. The Balaban J connectivity index is 3.10. The standard InChI is InChI=1S/C10H14N2/c1-5-8-10(7(3)4)12-9(6-2)11-8/h1,7H,6H2,2-4H3,(H,11,12). The molecule has 0 bridgehead atoms. The van der Waals surface area contributed by atoms with E-state index in [-0.39, 0.29) is 0 Å². The van der Waals surface area contributed by atoms with Gasteiger partial charge in [0.1, 0.15) is 11.5 Å². The Bertz CT molecular complexity index is 302. The summed E-state index contributed by atoms with van der Waals surface area (Å²) in [7, 11) is 0. The third-order valence-corrected chi connectivity index (χ3v) is 1.81. The number of hydrogen-bond donors (Lipinski definition) is 1. The maximum absolute atomic E-state index is 5.34. The first-order valence-electron chi connectivity index (χ1n) is 4.24. The Morgan fingerprint density at radius 1 is 1.58 bits per heavy atom. The Kier molecular flexibility index (Phi) is 2.54. The number of nitrogens with one attached hydrogen (secondary N) is 1. The number of aromatic amines is 1. The number of imidazole rings is 1. The lowest BCUT2D eigenvalue weighted by molar-refractivity contribution is 0.820. The number of nitrogens with zero attached hydrogens (tertiary/aromatic N) is 1. The zero-order chi connectivity index (χ0) is 9.14. The lowest BCUT2D eigenvalue weighted by atomic mass is 10.1. The zero-order valence-corrected chi connectivity index (χ0v) is 7.81. The molecule has 1 aromatic heterocycles. The van der Waals surface area contributed by atoms with Gasteiger partial charge < -0.3 is 4.98 Å². The molecule has 1 heterocycles. The van der Waals surface area contributed by atoms with E-state index in [0.29, 0.717) is 5.92 Å². The average Bonchev–Trinajstić information content (AvgIpc) is 2.47. The number of terminal acetylenes is 1. The van der Waals surface area contributed by atoms with Crippen LogP contribution in [0, 0.1) is 12.3 Å². The monoisotopic (exact) mass is 162 g/mol. The van der Waals surface area contributed by atoms with E-state index in [4.69, 9.17) is 6.42 Å². The maximum Gasteiger partial charge on any atom is 0.112 e. The van der Waals surface area contributed by atoms with Crippen LogP contribution in [0.25, 0.3) is 0 Å².